The summed E-state index contributed by atoms with van der Waals surface area (Å²) in [5, 5.41) is 0. The van der Waals surface area contributed by atoms with Crippen LogP contribution < -0.4 is 0 Å². The van der Waals surface area contributed by atoms with Crippen LogP contribution in [-0.2, 0) is 28.6 Å². The number of carbonyl (C=O) groups excluding carboxylic acids is 3. The fraction of sp³-hybridized carbons (Fsp3) is 0.706. The number of carbonyl (C=O) groups is 3. The molecule has 0 heterocycles. The van der Waals surface area contributed by atoms with Crippen LogP contribution in [0.5, 0.6) is 0 Å². The SMILES string of the molecule is C=C(C)C(=O)OC(COC(=O)C(C)C)COC(=O)C(C)(C)CC. The number of ether oxygens (including phenoxy) is 3. The van der Waals surface area contributed by atoms with E-state index < -0.39 is 29.4 Å². The summed E-state index contributed by atoms with van der Waals surface area (Å²) in [7, 11) is 0. The highest BCUT2D eigenvalue weighted by Gasteiger charge is 2.29. The molecule has 1 unspecified atom stereocenters. The zero-order valence-corrected chi connectivity index (χ0v) is 14.9. The Kier molecular flexibility index (Phi) is 8.58. The van der Waals surface area contributed by atoms with Crippen LogP contribution in [0.1, 0.15) is 48.0 Å². The van der Waals surface area contributed by atoms with E-state index in [-0.39, 0.29) is 24.7 Å². The second-order valence-corrected chi connectivity index (χ2v) is 6.43. The maximum Gasteiger partial charge on any atom is 0.333 e. The molecule has 0 spiro atoms. The predicted octanol–water partition coefficient (Wildman–Crippen LogP) is 2.65. The average molecular weight is 328 g/mol. The van der Waals surface area contributed by atoms with Gasteiger partial charge in [-0.2, -0.15) is 0 Å². The van der Waals surface area contributed by atoms with E-state index in [2.05, 4.69) is 6.58 Å². The highest BCUT2D eigenvalue weighted by Crippen LogP contribution is 2.21. The van der Waals surface area contributed by atoms with Crippen LogP contribution >= 0.6 is 0 Å². The van der Waals surface area contributed by atoms with Crippen molar-refractivity contribution in [1.29, 1.82) is 0 Å². The summed E-state index contributed by atoms with van der Waals surface area (Å²) in [6, 6.07) is 0. The van der Waals surface area contributed by atoms with Crippen LogP contribution in [0.25, 0.3) is 0 Å². The molecule has 0 aromatic carbocycles. The molecule has 132 valence electrons. The van der Waals surface area contributed by atoms with Crippen molar-refractivity contribution in [2.75, 3.05) is 13.2 Å². The van der Waals surface area contributed by atoms with Gasteiger partial charge in [-0.3, -0.25) is 9.59 Å². The molecule has 0 rings (SSSR count). The van der Waals surface area contributed by atoms with E-state index in [1.165, 1.54) is 6.92 Å². The van der Waals surface area contributed by atoms with Gasteiger partial charge in [0.1, 0.15) is 13.2 Å². The van der Waals surface area contributed by atoms with Gasteiger partial charge in [0.05, 0.1) is 11.3 Å². The minimum absolute atomic E-state index is 0.171. The molecule has 0 radical (unpaired) electrons. The predicted molar refractivity (Wildman–Crippen MR) is 85.5 cm³/mol. The Hall–Kier alpha value is -1.85. The molecule has 0 N–H and O–H groups in total. The first-order chi connectivity index (χ1) is 10.5. The summed E-state index contributed by atoms with van der Waals surface area (Å²) in [5.41, 5.74) is -0.414. The molecule has 6 nitrogen and oxygen atoms in total. The lowest BCUT2D eigenvalue weighted by atomic mass is 9.91. The van der Waals surface area contributed by atoms with Crippen LogP contribution in [-0.4, -0.2) is 37.2 Å². The Labute approximate surface area is 138 Å². The Morgan fingerprint density at radius 2 is 1.61 bits per heavy atom. The molecule has 0 aromatic heterocycles. The molecule has 0 bridgehead atoms. The van der Waals surface area contributed by atoms with Gasteiger partial charge < -0.3 is 14.2 Å². The standard InChI is InChI=1S/C17H28O6/c1-8-17(6,7)16(20)22-10-13(23-15(19)12(4)5)9-21-14(18)11(2)3/h11,13H,4,8-10H2,1-3,5-7H3. The van der Waals surface area contributed by atoms with Crippen molar-refractivity contribution in [2.24, 2.45) is 11.3 Å². The van der Waals surface area contributed by atoms with Gasteiger partial charge in [-0.1, -0.05) is 27.4 Å². The van der Waals surface area contributed by atoms with Crippen LogP contribution in [0.15, 0.2) is 12.2 Å². The van der Waals surface area contributed by atoms with Gasteiger partial charge in [0, 0.05) is 5.57 Å². The zero-order valence-electron chi connectivity index (χ0n) is 14.9. The molecule has 0 saturated heterocycles. The quantitative estimate of drug-likeness (QED) is 0.368. The number of rotatable bonds is 9. The van der Waals surface area contributed by atoms with Crippen LogP contribution in [0.2, 0.25) is 0 Å². The summed E-state index contributed by atoms with van der Waals surface area (Å²) < 4.78 is 15.4. The topological polar surface area (TPSA) is 78.9 Å². The lowest BCUT2D eigenvalue weighted by Crippen LogP contribution is -2.34. The summed E-state index contributed by atoms with van der Waals surface area (Å²) >= 11 is 0. The van der Waals surface area contributed by atoms with Crippen molar-refractivity contribution in [1.82, 2.24) is 0 Å². The molecule has 0 fully saturated rings. The molecular formula is C17H28O6. The second-order valence-electron chi connectivity index (χ2n) is 6.43. The van der Waals surface area contributed by atoms with Gasteiger partial charge in [0.15, 0.2) is 6.10 Å². The molecule has 0 aliphatic carbocycles. The highest BCUT2D eigenvalue weighted by atomic mass is 16.6. The largest absolute Gasteiger partial charge is 0.461 e. The van der Waals surface area contributed by atoms with Crippen molar-refractivity contribution in [3.63, 3.8) is 0 Å². The van der Waals surface area contributed by atoms with Gasteiger partial charge in [-0.05, 0) is 27.2 Å². The third-order valence-electron chi connectivity index (χ3n) is 3.34. The van der Waals surface area contributed by atoms with Crippen molar-refractivity contribution < 1.29 is 28.6 Å². The minimum Gasteiger partial charge on any atom is -0.461 e. The first kappa shape index (κ1) is 21.1. The van der Waals surface area contributed by atoms with E-state index in [4.69, 9.17) is 14.2 Å². The molecule has 0 aliphatic heterocycles. The van der Waals surface area contributed by atoms with Crippen LogP contribution in [0.3, 0.4) is 0 Å². The molecule has 0 aromatic rings. The minimum atomic E-state index is -0.862. The average Bonchev–Trinajstić information content (AvgIpc) is 2.48. The van der Waals surface area contributed by atoms with Gasteiger partial charge in [-0.25, -0.2) is 4.79 Å². The maximum absolute atomic E-state index is 12.0. The Morgan fingerprint density at radius 1 is 1.09 bits per heavy atom. The van der Waals surface area contributed by atoms with Gasteiger partial charge in [0.25, 0.3) is 0 Å². The van der Waals surface area contributed by atoms with Crippen molar-refractivity contribution in [3.05, 3.63) is 12.2 Å². The van der Waals surface area contributed by atoms with E-state index in [0.717, 1.165) is 0 Å². The second kappa shape index (κ2) is 9.33. The maximum atomic E-state index is 12.0. The number of hydrogen-bond acceptors (Lipinski definition) is 6. The van der Waals surface area contributed by atoms with E-state index in [9.17, 15) is 14.4 Å². The van der Waals surface area contributed by atoms with Gasteiger partial charge >= 0.3 is 17.9 Å². The molecule has 0 amide bonds. The Morgan fingerprint density at radius 3 is 2.04 bits per heavy atom. The van der Waals surface area contributed by atoms with E-state index in [1.54, 1.807) is 27.7 Å². The number of esters is 3. The van der Waals surface area contributed by atoms with E-state index in [0.29, 0.717) is 6.42 Å². The third-order valence-corrected chi connectivity index (χ3v) is 3.34. The van der Waals surface area contributed by atoms with Crippen LogP contribution in [0, 0.1) is 11.3 Å². The number of hydrogen-bond donors (Lipinski definition) is 0. The van der Waals surface area contributed by atoms with E-state index in [1.807, 2.05) is 6.92 Å². The first-order valence-electron chi connectivity index (χ1n) is 7.71. The highest BCUT2D eigenvalue weighted by molar-refractivity contribution is 5.87. The summed E-state index contributed by atoms with van der Waals surface area (Å²) in [6.07, 6.45) is -0.247. The zero-order chi connectivity index (χ0) is 18.2. The van der Waals surface area contributed by atoms with E-state index >= 15 is 0 Å². The molecular weight excluding hydrogens is 300 g/mol. The monoisotopic (exact) mass is 328 g/mol. The molecule has 0 aliphatic rings. The van der Waals surface area contributed by atoms with Crippen molar-refractivity contribution in [2.45, 2.75) is 54.1 Å². The van der Waals surface area contributed by atoms with Crippen molar-refractivity contribution in [3.8, 4) is 0 Å². The fourth-order valence-electron chi connectivity index (χ4n) is 1.22. The third kappa shape index (κ3) is 7.81. The summed E-state index contributed by atoms with van der Waals surface area (Å²) in [6.45, 7) is 13.5. The Bertz CT molecular complexity index is 450. The first-order valence-corrected chi connectivity index (χ1v) is 7.71. The summed E-state index contributed by atoms with van der Waals surface area (Å²) in [4.78, 5) is 35.1. The lowest BCUT2D eigenvalue weighted by Gasteiger charge is -2.23. The lowest BCUT2D eigenvalue weighted by molar-refractivity contribution is -0.169. The molecule has 23 heavy (non-hydrogen) atoms. The van der Waals surface area contributed by atoms with Crippen molar-refractivity contribution >= 4 is 17.9 Å². The fourth-order valence-corrected chi connectivity index (χ4v) is 1.22. The summed E-state index contributed by atoms with van der Waals surface area (Å²) in [5.74, 6) is -1.73. The molecule has 6 heteroatoms. The van der Waals surface area contributed by atoms with Gasteiger partial charge in [-0.15, -0.1) is 0 Å². The van der Waals surface area contributed by atoms with Gasteiger partial charge in [0.2, 0.25) is 0 Å². The normalized spacial score (nSPS) is 12.5. The smallest absolute Gasteiger partial charge is 0.333 e. The molecule has 0 saturated carbocycles. The van der Waals surface area contributed by atoms with Crippen LogP contribution in [0.4, 0.5) is 0 Å². The molecule has 1 atom stereocenters. The Balaban J connectivity index is 4.72.